The van der Waals surface area contributed by atoms with Crippen molar-refractivity contribution >= 4 is 11.5 Å². The van der Waals surface area contributed by atoms with Crippen molar-refractivity contribution in [1.82, 2.24) is 0 Å². The van der Waals surface area contributed by atoms with E-state index in [0.29, 0.717) is 12.2 Å². The summed E-state index contributed by atoms with van der Waals surface area (Å²) in [6.45, 7) is 2.70. The summed E-state index contributed by atoms with van der Waals surface area (Å²) in [5.74, 6) is 0.423. The summed E-state index contributed by atoms with van der Waals surface area (Å²) < 4.78 is 10.3. The zero-order chi connectivity index (χ0) is 12.3. The van der Waals surface area contributed by atoms with Gasteiger partial charge in [0.2, 0.25) is 0 Å². The van der Waals surface area contributed by atoms with E-state index in [2.05, 4.69) is 0 Å². The third-order valence-electron chi connectivity index (χ3n) is 2.83. The van der Waals surface area contributed by atoms with E-state index in [1.807, 2.05) is 31.2 Å². The van der Waals surface area contributed by atoms with Crippen LogP contribution in [0.5, 0.6) is 0 Å². The van der Waals surface area contributed by atoms with Crippen molar-refractivity contribution in [3.63, 3.8) is 0 Å². The minimum atomic E-state index is -0.328. The van der Waals surface area contributed by atoms with Crippen LogP contribution in [0.4, 0.5) is 0 Å². The van der Waals surface area contributed by atoms with Crippen molar-refractivity contribution in [2.45, 2.75) is 19.8 Å². The second-order valence-corrected chi connectivity index (χ2v) is 4.11. The Kier molecular flexibility index (Phi) is 3.47. The first kappa shape index (κ1) is 11.7. The molecule has 90 valence electrons. The zero-order valence-corrected chi connectivity index (χ0v) is 10.2. The molecular weight excluding hydrogens is 216 g/mol. The summed E-state index contributed by atoms with van der Waals surface area (Å²) in [6.07, 6.45) is 1.76. The number of allylic oxidation sites excluding steroid dienone is 1. The molecule has 0 aromatic heterocycles. The minimum Gasteiger partial charge on any atom is -0.497 e. The summed E-state index contributed by atoms with van der Waals surface area (Å²) in [5, 5.41) is 0. The Hall–Kier alpha value is -1.77. The van der Waals surface area contributed by atoms with Crippen LogP contribution in [0.15, 0.2) is 30.0 Å². The van der Waals surface area contributed by atoms with Gasteiger partial charge in [-0.25, -0.2) is 4.79 Å². The smallest absolute Gasteiger partial charge is 0.341 e. The highest BCUT2D eigenvalue weighted by molar-refractivity contribution is 6.17. The lowest BCUT2D eigenvalue weighted by molar-refractivity contribution is -0.133. The molecule has 17 heavy (non-hydrogen) atoms. The molecule has 1 fully saturated rings. The fraction of sp³-hybridized carbons (Fsp3) is 0.357. The summed E-state index contributed by atoms with van der Waals surface area (Å²) in [6, 6.07) is 7.81. The standard InChI is InChI=1S/C14H16O3/c1-10-5-7-11(8-6-10)13(14(15)16-2)12-4-3-9-17-12/h5-8H,3-4,9H2,1-2H3/b13-12+. The number of carbonyl (C=O) groups excluding carboxylic acids is 1. The van der Waals surface area contributed by atoms with Gasteiger partial charge in [-0.2, -0.15) is 0 Å². The van der Waals surface area contributed by atoms with E-state index in [1.165, 1.54) is 7.11 Å². The van der Waals surface area contributed by atoms with Crippen molar-refractivity contribution < 1.29 is 14.3 Å². The van der Waals surface area contributed by atoms with Gasteiger partial charge in [0.05, 0.1) is 13.7 Å². The number of carbonyl (C=O) groups is 1. The molecular formula is C14H16O3. The van der Waals surface area contributed by atoms with Crippen LogP contribution in [0.1, 0.15) is 24.0 Å². The van der Waals surface area contributed by atoms with Gasteiger partial charge >= 0.3 is 5.97 Å². The molecule has 1 saturated heterocycles. The van der Waals surface area contributed by atoms with E-state index < -0.39 is 0 Å². The average molecular weight is 232 g/mol. The Balaban J connectivity index is 2.43. The number of methoxy groups -OCH3 is 1. The van der Waals surface area contributed by atoms with Crippen LogP contribution in [0.2, 0.25) is 0 Å². The van der Waals surface area contributed by atoms with Gasteiger partial charge in [0.15, 0.2) is 0 Å². The summed E-state index contributed by atoms with van der Waals surface area (Å²) in [5.41, 5.74) is 2.58. The third-order valence-corrected chi connectivity index (χ3v) is 2.83. The van der Waals surface area contributed by atoms with Crippen molar-refractivity contribution in [2.75, 3.05) is 13.7 Å². The van der Waals surface area contributed by atoms with Gasteiger partial charge in [0.1, 0.15) is 11.3 Å². The summed E-state index contributed by atoms with van der Waals surface area (Å²) in [4.78, 5) is 11.8. The van der Waals surface area contributed by atoms with E-state index in [4.69, 9.17) is 9.47 Å². The van der Waals surface area contributed by atoms with Crippen LogP contribution >= 0.6 is 0 Å². The fourth-order valence-corrected chi connectivity index (χ4v) is 1.91. The fourth-order valence-electron chi connectivity index (χ4n) is 1.91. The lowest BCUT2D eigenvalue weighted by Gasteiger charge is -2.09. The van der Waals surface area contributed by atoms with Gasteiger partial charge in [-0.15, -0.1) is 0 Å². The number of esters is 1. The molecule has 0 aliphatic carbocycles. The second-order valence-electron chi connectivity index (χ2n) is 4.11. The molecule has 1 aliphatic heterocycles. The minimum absolute atomic E-state index is 0.328. The molecule has 0 N–H and O–H groups in total. The normalized spacial score (nSPS) is 17.5. The van der Waals surface area contributed by atoms with Crippen molar-refractivity contribution in [1.29, 1.82) is 0 Å². The molecule has 2 rings (SSSR count). The maximum Gasteiger partial charge on any atom is 0.341 e. The van der Waals surface area contributed by atoms with E-state index in [9.17, 15) is 4.79 Å². The first-order chi connectivity index (χ1) is 8.22. The molecule has 0 atom stereocenters. The largest absolute Gasteiger partial charge is 0.497 e. The molecule has 0 unspecified atom stereocenters. The number of ether oxygens (including phenoxy) is 2. The number of benzene rings is 1. The molecule has 1 heterocycles. The number of hydrogen-bond donors (Lipinski definition) is 0. The number of aryl methyl sites for hydroxylation is 1. The molecule has 1 aromatic carbocycles. The number of hydrogen-bond acceptors (Lipinski definition) is 3. The second kappa shape index (κ2) is 5.04. The molecule has 0 saturated carbocycles. The van der Waals surface area contributed by atoms with E-state index in [1.54, 1.807) is 0 Å². The predicted molar refractivity (Wildman–Crippen MR) is 65.3 cm³/mol. The van der Waals surface area contributed by atoms with Gasteiger partial charge in [-0.05, 0) is 18.9 Å². The maximum atomic E-state index is 11.8. The van der Waals surface area contributed by atoms with Crippen LogP contribution in [-0.4, -0.2) is 19.7 Å². The van der Waals surface area contributed by atoms with E-state index >= 15 is 0 Å². The molecule has 3 nitrogen and oxygen atoms in total. The Labute approximate surface area is 101 Å². The quantitative estimate of drug-likeness (QED) is 0.581. The Morgan fingerprint density at radius 3 is 2.53 bits per heavy atom. The van der Waals surface area contributed by atoms with Crippen LogP contribution in [0, 0.1) is 6.92 Å². The van der Waals surface area contributed by atoms with Gasteiger partial charge in [0, 0.05) is 6.42 Å². The Morgan fingerprint density at radius 1 is 1.29 bits per heavy atom. The van der Waals surface area contributed by atoms with E-state index in [-0.39, 0.29) is 5.97 Å². The molecule has 1 aliphatic rings. The van der Waals surface area contributed by atoms with Gasteiger partial charge in [-0.1, -0.05) is 29.8 Å². The molecule has 0 radical (unpaired) electrons. The molecule has 0 spiro atoms. The van der Waals surface area contributed by atoms with Crippen LogP contribution in [-0.2, 0) is 14.3 Å². The number of rotatable bonds is 2. The average Bonchev–Trinajstić information content (AvgIpc) is 2.85. The van der Waals surface area contributed by atoms with Crippen molar-refractivity contribution in [3.05, 3.63) is 41.2 Å². The SMILES string of the molecule is COC(=O)/C(=C1\CCCO1)c1ccc(C)cc1. The van der Waals surface area contributed by atoms with Crippen molar-refractivity contribution in [3.8, 4) is 0 Å². The summed E-state index contributed by atoms with van der Waals surface area (Å²) >= 11 is 0. The first-order valence-electron chi connectivity index (χ1n) is 5.73. The summed E-state index contributed by atoms with van der Waals surface area (Å²) in [7, 11) is 1.39. The van der Waals surface area contributed by atoms with Gasteiger partial charge < -0.3 is 9.47 Å². The van der Waals surface area contributed by atoms with Crippen LogP contribution < -0.4 is 0 Å². The predicted octanol–water partition coefficient (Wildman–Crippen LogP) is 2.69. The van der Waals surface area contributed by atoms with Gasteiger partial charge in [-0.3, -0.25) is 0 Å². The Bertz CT molecular complexity index is 435. The van der Waals surface area contributed by atoms with Crippen molar-refractivity contribution in [2.24, 2.45) is 0 Å². The lowest BCUT2D eigenvalue weighted by atomic mass is 10.0. The van der Waals surface area contributed by atoms with Crippen LogP contribution in [0.25, 0.3) is 5.57 Å². The zero-order valence-electron chi connectivity index (χ0n) is 10.2. The first-order valence-corrected chi connectivity index (χ1v) is 5.73. The highest BCUT2D eigenvalue weighted by Gasteiger charge is 2.22. The topological polar surface area (TPSA) is 35.5 Å². The third kappa shape index (κ3) is 2.49. The highest BCUT2D eigenvalue weighted by atomic mass is 16.5. The highest BCUT2D eigenvalue weighted by Crippen LogP contribution is 2.28. The molecule has 0 amide bonds. The van der Waals surface area contributed by atoms with Gasteiger partial charge in [0.25, 0.3) is 0 Å². The monoisotopic (exact) mass is 232 g/mol. The molecule has 0 bridgehead atoms. The molecule has 1 aromatic rings. The molecule has 3 heteroatoms. The maximum absolute atomic E-state index is 11.8. The Morgan fingerprint density at radius 2 is 2.00 bits per heavy atom. The van der Waals surface area contributed by atoms with Crippen LogP contribution in [0.3, 0.4) is 0 Å². The lowest BCUT2D eigenvalue weighted by Crippen LogP contribution is -2.07. The van der Waals surface area contributed by atoms with E-state index in [0.717, 1.165) is 29.7 Å².